The maximum absolute atomic E-state index is 12.6. The molecule has 4 atom stereocenters. The number of rotatable bonds is 4. The van der Waals surface area contributed by atoms with Gasteiger partial charge < -0.3 is 15.4 Å². The number of hydrogen-bond donors (Lipinski definition) is 1. The first kappa shape index (κ1) is 18.1. The minimum absolute atomic E-state index is 0. The maximum Gasteiger partial charge on any atom is 0.223 e. The Bertz CT molecular complexity index is 534. The Morgan fingerprint density at radius 1 is 1.30 bits per heavy atom. The summed E-state index contributed by atoms with van der Waals surface area (Å²) in [6, 6.07) is 8.30. The second-order valence-corrected chi connectivity index (χ2v) is 6.84. The topological polar surface area (TPSA) is 55.6 Å². The molecule has 4 nitrogen and oxygen atoms in total. The van der Waals surface area contributed by atoms with Gasteiger partial charge in [-0.05, 0) is 48.3 Å². The number of carbonyl (C=O) groups is 1. The summed E-state index contributed by atoms with van der Waals surface area (Å²) >= 11 is 0. The first-order valence-electron chi connectivity index (χ1n) is 8.25. The summed E-state index contributed by atoms with van der Waals surface area (Å²) in [7, 11) is 1.66. The van der Waals surface area contributed by atoms with Gasteiger partial charge in [-0.2, -0.15) is 0 Å². The lowest BCUT2D eigenvalue weighted by Gasteiger charge is -2.21. The van der Waals surface area contributed by atoms with Crippen LogP contribution in [0, 0.1) is 11.8 Å². The van der Waals surface area contributed by atoms with E-state index in [4.69, 9.17) is 10.5 Å². The van der Waals surface area contributed by atoms with Gasteiger partial charge >= 0.3 is 0 Å². The molecule has 5 heteroatoms. The quantitative estimate of drug-likeness (QED) is 0.918. The number of nitrogens with zero attached hydrogens (tertiary/aromatic N) is 1. The van der Waals surface area contributed by atoms with E-state index in [1.165, 1.54) is 12.0 Å². The molecule has 4 unspecified atom stereocenters. The summed E-state index contributed by atoms with van der Waals surface area (Å²) in [5, 5.41) is 0. The largest absolute Gasteiger partial charge is 0.497 e. The lowest BCUT2D eigenvalue weighted by Crippen LogP contribution is -2.33. The number of fused-ring (bicyclic) bond motifs is 1. The number of hydrogen-bond acceptors (Lipinski definition) is 3. The van der Waals surface area contributed by atoms with Crippen molar-refractivity contribution in [2.24, 2.45) is 17.6 Å². The predicted molar refractivity (Wildman–Crippen MR) is 94.0 cm³/mol. The zero-order chi connectivity index (χ0) is 15.7. The Hall–Kier alpha value is -1.26. The van der Waals surface area contributed by atoms with Crippen LogP contribution >= 0.6 is 12.4 Å². The fourth-order valence-electron chi connectivity index (χ4n) is 3.95. The number of benzene rings is 1. The molecular formula is C18H27ClN2O2. The zero-order valence-electron chi connectivity index (χ0n) is 13.9. The van der Waals surface area contributed by atoms with Gasteiger partial charge in [0.1, 0.15) is 5.75 Å². The van der Waals surface area contributed by atoms with Crippen LogP contribution < -0.4 is 10.5 Å². The molecule has 3 rings (SSSR count). The van der Waals surface area contributed by atoms with Crippen molar-refractivity contribution in [3.05, 3.63) is 29.8 Å². The number of halogens is 1. The Balaban J connectivity index is 0.00000192. The third kappa shape index (κ3) is 3.81. The Morgan fingerprint density at radius 3 is 2.61 bits per heavy atom. The number of carbonyl (C=O) groups excluding carboxylic acids is 1. The molecule has 128 valence electrons. The van der Waals surface area contributed by atoms with E-state index >= 15 is 0 Å². The Kier molecular flexibility index (Phi) is 5.93. The van der Waals surface area contributed by atoms with Crippen molar-refractivity contribution >= 4 is 18.3 Å². The minimum Gasteiger partial charge on any atom is -0.497 e. The average Bonchev–Trinajstić information content (AvgIpc) is 3.10. The van der Waals surface area contributed by atoms with Crippen molar-refractivity contribution in [2.45, 2.75) is 38.1 Å². The van der Waals surface area contributed by atoms with Crippen LogP contribution in [-0.2, 0) is 4.79 Å². The van der Waals surface area contributed by atoms with Crippen molar-refractivity contribution in [2.75, 3.05) is 20.2 Å². The fraction of sp³-hybridized carbons (Fsp3) is 0.611. The van der Waals surface area contributed by atoms with Crippen LogP contribution in [0.5, 0.6) is 5.75 Å². The molecular weight excluding hydrogens is 312 g/mol. The zero-order valence-corrected chi connectivity index (χ0v) is 14.7. The Labute approximate surface area is 144 Å². The first-order valence-corrected chi connectivity index (χ1v) is 8.25. The maximum atomic E-state index is 12.6. The third-order valence-electron chi connectivity index (χ3n) is 5.43. The fourth-order valence-corrected chi connectivity index (χ4v) is 3.95. The van der Waals surface area contributed by atoms with E-state index in [0.717, 1.165) is 25.3 Å². The molecule has 1 aliphatic carbocycles. The molecule has 0 spiro atoms. The van der Waals surface area contributed by atoms with Crippen molar-refractivity contribution in [1.82, 2.24) is 4.90 Å². The molecule has 1 amide bonds. The van der Waals surface area contributed by atoms with E-state index in [9.17, 15) is 4.79 Å². The summed E-state index contributed by atoms with van der Waals surface area (Å²) < 4.78 is 5.18. The van der Waals surface area contributed by atoms with Gasteiger partial charge in [-0.1, -0.05) is 19.1 Å². The number of methoxy groups -OCH3 is 1. The monoisotopic (exact) mass is 338 g/mol. The highest BCUT2D eigenvalue weighted by Crippen LogP contribution is 2.37. The average molecular weight is 339 g/mol. The van der Waals surface area contributed by atoms with E-state index < -0.39 is 0 Å². The summed E-state index contributed by atoms with van der Waals surface area (Å²) in [6.07, 6.45) is 2.88. The lowest BCUT2D eigenvalue weighted by molar-refractivity contribution is -0.130. The van der Waals surface area contributed by atoms with Crippen molar-refractivity contribution in [1.29, 1.82) is 0 Å². The number of amides is 1. The number of nitrogens with two attached hydrogens (primary N) is 1. The smallest absolute Gasteiger partial charge is 0.223 e. The lowest BCUT2D eigenvalue weighted by atomic mass is 9.97. The molecule has 0 aromatic heterocycles. The Morgan fingerprint density at radius 2 is 2.00 bits per heavy atom. The molecule has 1 heterocycles. The first-order chi connectivity index (χ1) is 10.6. The highest BCUT2D eigenvalue weighted by molar-refractivity contribution is 5.85. The van der Waals surface area contributed by atoms with Crippen molar-refractivity contribution in [3.63, 3.8) is 0 Å². The van der Waals surface area contributed by atoms with Gasteiger partial charge in [-0.15, -0.1) is 12.4 Å². The van der Waals surface area contributed by atoms with Gasteiger partial charge in [0.15, 0.2) is 0 Å². The summed E-state index contributed by atoms with van der Waals surface area (Å²) in [4.78, 5) is 14.6. The summed E-state index contributed by atoms with van der Waals surface area (Å²) in [5.41, 5.74) is 7.34. The van der Waals surface area contributed by atoms with Gasteiger partial charge in [-0.25, -0.2) is 0 Å². The second-order valence-electron chi connectivity index (χ2n) is 6.84. The van der Waals surface area contributed by atoms with Crippen LogP contribution in [0.25, 0.3) is 0 Å². The van der Waals surface area contributed by atoms with Crippen LogP contribution in [0.2, 0.25) is 0 Å². The van der Waals surface area contributed by atoms with Gasteiger partial charge in [0.25, 0.3) is 0 Å². The van der Waals surface area contributed by atoms with Crippen LogP contribution in [0.15, 0.2) is 24.3 Å². The van der Waals surface area contributed by atoms with E-state index in [0.29, 0.717) is 24.3 Å². The molecule has 0 radical (unpaired) electrons. The molecule has 1 aromatic rings. The summed E-state index contributed by atoms with van der Waals surface area (Å²) in [5.74, 6) is 2.51. The molecule has 1 aliphatic heterocycles. The van der Waals surface area contributed by atoms with E-state index in [1.807, 2.05) is 29.2 Å². The van der Waals surface area contributed by atoms with Gasteiger partial charge in [0.2, 0.25) is 5.91 Å². The van der Waals surface area contributed by atoms with Gasteiger partial charge in [-0.3, -0.25) is 4.79 Å². The highest BCUT2D eigenvalue weighted by Gasteiger charge is 2.42. The summed E-state index contributed by atoms with van der Waals surface area (Å²) in [6.45, 7) is 3.88. The molecule has 1 saturated heterocycles. The van der Waals surface area contributed by atoms with E-state index in [-0.39, 0.29) is 24.2 Å². The van der Waals surface area contributed by atoms with Crippen LogP contribution in [0.4, 0.5) is 0 Å². The van der Waals surface area contributed by atoms with Crippen LogP contribution in [0.3, 0.4) is 0 Å². The number of likely N-dealkylation sites (tertiary alicyclic amines) is 1. The van der Waals surface area contributed by atoms with Gasteiger partial charge in [0.05, 0.1) is 7.11 Å². The molecule has 1 aromatic carbocycles. The third-order valence-corrected chi connectivity index (χ3v) is 5.43. The molecule has 2 fully saturated rings. The van der Waals surface area contributed by atoms with Crippen molar-refractivity contribution in [3.8, 4) is 5.75 Å². The molecule has 1 saturated carbocycles. The molecule has 23 heavy (non-hydrogen) atoms. The standard InChI is InChI=1S/C18H26N2O2.ClH/c1-12(13-3-6-15(22-2)7-4-13)9-18(21)20-10-14-5-8-17(19)16(14)11-20;/h3-4,6-7,12,14,16-17H,5,8-11,19H2,1-2H3;1H. The second kappa shape index (κ2) is 7.54. The SMILES string of the molecule is COc1ccc(C(C)CC(=O)N2CC3CCC(N)C3C2)cc1.Cl. The predicted octanol–water partition coefficient (Wildman–Crippen LogP) is 2.81. The van der Waals surface area contributed by atoms with Crippen molar-refractivity contribution < 1.29 is 9.53 Å². The van der Waals surface area contributed by atoms with Gasteiger partial charge in [0, 0.05) is 25.6 Å². The molecule has 0 bridgehead atoms. The normalized spacial score (nSPS) is 27.3. The highest BCUT2D eigenvalue weighted by atomic mass is 35.5. The van der Waals surface area contributed by atoms with Crippen LogP contribution in [-0.4, -0.2) is 37.0 Å². The van der Waals surface area contributed by atoms with Crippen LogP contribution in [0.1, 0.15) is 37.7 Å². The van der Waals surface area contributed by atoms with E-state index in [1.54, 1.807) is 7.11 Å². The molecule has 2 aliphatic rings. The number of ether oxygens (including phenoxy) is 1. The molecule has 2 N–H and O–H groups in total. The minimum atomic E-state index is 0. The van der Waals surface area contributed by atoms with E-state index in [2.05, 4.69) is 6.92 Å².